The Morgan fingerprint density at radius 2 is 1.39 bits per heavy atom. The number of hydrogen-bond donors (Lipinski definition) is 2. The predicted octanol–water partition coefficient (Wildman–Crippen LogP) is 4.72. The number of rotatable bonds is 4. The molecule has 0 atom stereocenters. The number of aliphatic hydroxyl groups excluding tert-OH is 1. The number of hydrogen-bond acceptors (Lipinski definition) is 2. The molecule has 0 radical (unpaired) electrons. The average Bonchev–Trinajstić information content (AvgIpc) is 2.31. The van der Waals surface area contributed by atoms with Gasteiger partial charge in [0.05, 0.1) is 0 Å². The lowest BCUT2D eigenvalue weighted by molar-refractivity contribution is 0.225. The van der Waals surface area contributed by atoms with Crippen LogP contribution in [0.4, 0.5) is 0 Å². The minimum atomic E-state index is 0.300. The fourth-order valence-electron chi connectivity index (χ4n) is 0.768. The molecule has 0 fully saturated rings. The Hall–Kier alpha value is -0.0800. The summed E-state index contributed by atoms with van der Waals surface area (Å²) in [6.45, 7) is 20.3. The minimum absolute atomic E-state index is 0.300. The Morgan fingerprint density at radius 3 is 1.44 bits per heavy atom. The second kappa shape index (κ2) is 22.1. The van der Waals surface area contributed by atoms with Crippen LogP contribution >= 0.6 is 0 Å². The van der Waals surface area contributed by atoms with E-state index in [9.17, 15) is 0 Å². The second-order valence-corrected chi connectivity index (χ2v) is 5.32. The van der Waals surface area contributed by atoms with Gasteiger partial charge in [0.15, 0.2) is 0 Å². The Balaban J connectivity index is -0.0000000851. The molecule has 0 spiro atoms. The highest BCUT2D eigenvalue weighted by molar-refractivity contribution is 4.58. The maximum Gasteiger partial charge on any atom is 0.0436 e. The fraction of sp³-hybridized carbons (Fsp3) is 1.00. The Morgan fingerprint density at radius 1 is 1.00 bits per heavy atom. The monoisotopic (exact) mass is 263 g/mol. The van der Waals surface area contributed by atoms with Gasteiger partial charge in [0.1, 0.15) is 0 Å². The molecule has 0 unspecified atom stereocenters. The molecule has 0 aromatic heterocycles. The van der Waals surface area contributed by atoms with Gasteiger partial charge in [0, 0.05) is 6.61 Å². The van der Waals surface area contributed by atoms with E-state index in [1.165, 1.54) is 6.42 Å². The van der Waals surface area contributed by atoms with Crippen molar-refractivity contribution in [2.45, 2.75) is 75.2 Å². The van der Waals surface area contributed by atoms with E-state index in [1.807, 2.05) is 34.7 Å². The van der Waals surface area contributed by atoms with Crippen molar-refractivity contribution in [3.8, 4) is 0 Å². The summed E-state index contributed by atoms with van der Waals surface area (Å²) in [7, 11) is 1.99. The quantitative estimate of drug-likeness (QED) is 0.769. The van der Waals surface area contributed by atoms with Crippen molar-refractivity contribution in [1.82, 2.24) is 5.32 Å². The molecule has 18 heavy (non-hydrogen) atoms. The van der Waals surface area contributed by atoms with Crippen LogP contribution < -0.4 is 5.32 Å². The van der Waals surface area contributed by atoms with Crippen LogP contribution in [-0.4, -0.2) is 25.3 Å². The van der Waals surface area contributed by atoms with E-state index in [2.05, 4.69) is 39.9 Å². The van der Waals surface area contributed by atoms with Crippen LogP contribution in [0.15, 0.2) is 0 Å². The molecular formula is C16H41NO. The fourth-order valence-corrected chi connectivity index (χ4v) is 0.768. The van der Waals surface area contributed by atoms with E-state index < -0.39 is 0 Å². The van der Waals surface area contributed by atoms with Crippen LogP contribution in [0.1, 0.15) is 75.2 Å². The molecule has 0 saturated carbocycles. The summed E-state index contributed by atoms with van der Waals surface area (Å²) in [6.07, 6.45) is 2.18. The van der Waals surface area contributed by atoms with Crippen molar-refractivity contribution in [2.75, 3.05) is 20.2 Å². The van der Waals surface area contributed by atoms with Crippen LogP contribution in [0.3, 0.4) is 0 Å². The lowest BCUT2D eigenvalue weighted by Gasteiger charge is -2.14. The van der Waals surface area contributed by atoms with E-state index in [4.69, 9.17) is 5.11 Å². The molecule has 0 aromatic carbocycles. The summed E-state index contributed by atoms with van der Waals surface area (Å²) < 4.78 is 0. The number of nitrogens with one attached hydrogen (secondary N) is 1. The van der Waals surface area contributed by atoms with Crippen molar-refractivity contribution in [1.29, 1.82) is 0 Å². The molecule has 0 aliphatic carbocycles. The summed E-state index contributed by atoms with van der Waals surface area (Å²) >= 11 is 0. The molecular weight excluding hydrogens is 222 g/mol. The third kappa shape index (κ3) is 56.5. The first-order valence-electron chi connectivity index (χ1n) is 7.59. The molecule has 0 aliphatic heterocycles. The molecule has 0 aliphatic rings. The third-order valence-electron chi connectivity index (χ3n) is 1.83. The molecule has 0 bridgehead atoms. The van der Waals surface area contributed by atoms with E-state index in [0.29, 0.717) is 12.0 Å². The zero-order valence-corrected chi connectivity index (χ0v) is 14.9. The maximum atomic E-state index is 8.40. The van der Waals surface area contributed by atoms with Crippen LogP contribution in [0.25, 0.3) is 0 Å². The minimum Gasteiger partial charge on any atom is -0.396 e. The summed E-state index contributed by atoms with van der Waals surface area (Å²) in [5.41, 5.74) is 0.300. The van der Waals surface area contributed by atoms with Gasteiger partial charge in [-0.05, 0) is 37.8 Å². The molecule has 0 saturated heterocycles. The molecule has 116 valence electrons. The largest absolute Gasteiger partial charge is 0.396 e. The Labute approximate surface area is 118 Å². The molecule has 0 heterocycles. The van der Waals surface area contributed by atoms with Crippen LogP contribution in [0, 0.1) is 11.3 Å². The molecule has 0 amide bonds. The molecule has 2 nitrogen and oxygen atoms in total. The van der Waals surface area contributed by atoms with Gasteiger partial charge >= 0.3 is 0 Å². The zero-order valence-electron chi connectivity index (χ0n) is 14.9. The van der Waals surface area contributed by atoms with E-state index in [-0.39, 0.29) is 0 Å². The predicted molar refractivity (Wildman–Crippen MR) is 87.2 cm³/mol. The highest BCUT2D eigenvalue weighted by atomic mass is 16.3. The zero-order chi connectivity index (χ0) is 15.6. The SMILES string of the molecule is CC.CC.CC(C)(C)CCO.CNCCC(C)C. The normalized spacial score (nSPS) is 9.33. The van der Waals surface area contributed by atoms with Crippen LogP contribution in [0.2, 0.25) is 0 Å². The summed E-state index contributed by atoms with van der Waals surface area (Å²) in [4.78, 5) is 0. The van der Waals surface area contributed by atoms with Crippen molar-refractivity contribution < 1.29 is 5.11 Å². The van der Waals surface area contributed by atoms with Crippen LogP contribution in [0.5, 0.6) is 0 Å². The third-order valence-corrected chi connectivity index (χ3v) is 1.83. The van der Waals surface area contributed by atoms with E-state index in [0.717, 1.165) is 18.9 Å². The Kier molecular flexibility index (Phi) is 32.6. The lowest BCUT2D eigenvalue weighted by atomic mass is 9.93. The van der Waals surface area contributed by atoms with Gasteiger partial charge in [-0.3, -0.25) is 0 Å². The average molecular weight is 264 g/mol. The second-order valence-electron chi connectivity index (χ2n) is 5.32. The molecule has 0 rings (SSSR count). The van der Waals surface area contributed by atoms with Crippen molar-refractivity contribution in [3.63, 3.8) is 0 Å². The number of aliphatic hydroxyl groups is 1. The van der Waals surface area contributed by atoms with Crippen LogP contribution in [-0.2, 0) is 0 Å². The highest BCUT2D eigenvalue weighted by Crippen LogP contribution is 2.16. The van der Waals surface area contributed by atoms with E-state index >= 15 is 0 Å². The first-order chi connectivity index (χ1) is 8.33. The van der Waals surface area contributed by atoms with Gasteiger partial charge in [-0.1, -0.05) is 62.3 Å². The summed E-state index contributed by atoms with van der Waals surface area (Å²) in [6, 6.07) is 0. The summed E-state index contributed by atoms with van der Waals surface area (Å²) in [5, 5.41) is 11.5. The van der Waals surface area contributed by atoms with Crippen molar-refractivity contribution >= 4 is 0 Å². The molecule has 2 heteroatoms. The van der Waals surface area contributed by atoms with Gasteiger partial charge in [-0.25, -0.2) is 0 Å². The van der Waals surface area contributed by atoms with Crippen molar-refractivity contribution in [3.05, 3.63) is 0 Å². The molecule has 0 aromatic rings. The Bertz CT molecular complexity index is 106. The van der Waals surface area contributed by atoms with Gasteiger partial charge in [0.2, 0.25) is 0 Å². The van der Waals surface area contributed by atoms with Crippen molar-refractivity contribution in [2.24, 2.45) is 11.3 Å². The highest BCUT2D eigenvalue weighted by Gasteiger charge is 2.06. The summed E-state index contributed by atoms with van der Waals surface area (Å²) in [5.74, 6) is 0.840. The maximum absolute atomic E-state index is 8.40. The van der Waals surface area contributed by atoms with Gasteiger partial charge in [-0.15, -0.1) is 0 Å². The van der Waals surface area contributed by atoms with E-state index in [1.54, 1.807) is 0 Å². The van der Waals surface area contributed by atoms with Gasteiger partial charge in [-0.2, -0.15) is 0 Å². The van der Waals surface area contributed by atoms with Gasteiger partial charge in [0.25, 0.3) is 0 Å². The lowest BCUT2D eigenvalue weighted by Crippen LogP contribution is -2.09. The topological polar surface area (TPSA) is 32.3 Å². The standard InChI is InChI=1S/C6H15N.C6H14O.2C2H6/c1-6(2)4-5-7-3;1-6(2,3)4-5-7;2*1-2/h6-7H,4-5H2,1-3H3;7H,4-5H2,1-3H3;2*1-2H3. The first kappa shape index (κ1) is 26.5. The first-order valence-corrected chi connectivity index (χ1v) is 7.59. The van der Waals surface area contributed by atoms with Gasteiger partial charge < -0.3 is 10.4 Å². The molecule has 2 N–H and O–H groups in total. The smallest absolute Gasteiger partial charge is 0.0436 e.